The first-order chi connectivity index (χ1) is 13.8. The van der Waals surface area contributed by atoms with Gasteiger partial charge >= 0.3 is 0 Å². The van der Waals surface area contributed by atoms with Gasteiger partial charge in [0.05, 0.1) is 5.92 Å². The van der Waals surface area contributed by atoms with Crippen LogP contribution in [0.25, 0.3) is 0 Å². The van der Waals surface area contributed by atoms with Crippen LogP contribution in [0.2, 0.25) is 0 Å². The topological polar surface area (TPSA) is 49.6 Å². The monoisotopic (exact) mass is 453 g/mol. The molecule has 2 saturated carbocycles. The number of piperazine rings is 1. The van der Waals surface area contributed by atoms with Gasteiger partial charge in [0.25, 0.3) is 0 Å². The summed E-state index contributed by atoms with van der Waals surface area (Å²) >= 11 is 12.7. The van der Waals surface area contributed by atoms with E-state index in [4.69, 9.17) is 28.9 Å². The second kappa shape index (κ2) is 10.4. The van der Waals surface area contributed by atoms with Crippen molar-refractivity contribution in [3.05, 3.63) is 0 Å². The zero-order chi connectivity index (χ0) is 21.1. The Balaban J connectivity index is 1.45. The van der Waals surface area contributed by atoms with Crippen LogP contribution < -0.4 is 5.73 Å². The van der Waals surface area contributed by atoms with E-state index in [9.17, 15) is 13.6 Å². The maximum atomic E-state index is 14.2. The maximum Gasteiger partial charge on any atom is 0.228 e. The number of carbonyl (C=O) groups is 1. The number of carbonyl (C=O) groups excluding carboxylic acids is 1. The third-order valence-electron chi connectivity index (χ3n) is 7.27. The first-order valence-corrected chi connectivity index (χ1v) is 12.0. The second-order valence-corrected chi connectivity index (χ2v) is 10.4. The molecule has 1 saturated heterocycles. The predicted octanol–water partition coefficient (Wildman–Crippen LogP) is 3.73. The van der Waals surface area contributed by atoms with Crippen molar-refractivity contribution in [1.29, 1.82) is 0 Å². The van der Waals surface area contributed by atoms with Crippen LogP contribution in [-0.2, 0) is 4.79 Å². The third-order valence-corrected chi connectivity index (χ3v) is 8.20. The molecule has 4 nitrogen and oxygen atoms in total. The van der Waals surface area contributed by atoms with E-state index in [0.29, 0.717) is 25.4 Å². The molecule has 2 aliphatic carbocycles. The summed E-state index contributed by atoms with van der Waals surface area (Å²) in [5.41, 5.74) is 6.52. The molecule has 0 spiro atoms. The normalized spacial score (nSPS) is 39.2. The van der Waals surface area contributed by atoms with Gasteiger partial charge in [-0.3, -0.25) is 9.69 Å². The number of nitrogens with two attached hydrogens (primary N) is 1. The van der Waals surface area contributed by atoms with Crippen LogP contribution in [0.3, 0.4) is 0 Å². The first kappa shape index (κ1) is 23.5. The highest BCUT2D eigenvalue weighted by atomic mass is 35.5. The fraction of sp³-hybridized carbons (Fsp3) is 0.952. The van der Waals surface area contributed by atoms with E-state index in [0.717, 1.165) is 38.8 Å². The molecule has 8 heteroatoms. The Kier molecular flexibility index (Phi) is 8.45. The molecule has 1 aliphatic heterocycles. The number of rotatable bonds is 5. The summed E-state index contributed by atoms with van der Waals surface area (Å²) in [7, 11) is 0. The van der Waals surface area contributed by atoms with Gasteiger partial charge in [0.1, 0.15) is 12.3 Å². The van der Waals surface area contributed by atoms with Crippen molar-refractivity contribution in [3.8, 4) is 0 Å². The molecule has 29 heavy (non-hydrogen) atoms. The predicted molar refractivity (Wildman–Crippen MR) is 114 cm³/mol. The van der Waals surface area contributed by atoms with E-state index in [-0.39, 0.29) is 41.6 Å². The zero-order valence-corrected chi connectivity index (χ0v) is 18.8. The molecule has 1 amide bonds. The average Bonchev–Trinajstić information content (AvgIpc) is 2.69. The Labute approximate surface area is 183 Å². The van der Waals surface area contributed by atoms with Gasteiger partial charge in [-0.15, -0.1) is 23.2 Å². The van der Waals surface area contributed by atoms with E-state index >= 15 is 0 Å². The quantitative estimate of drug-likeness (QED) is 0.645. The van der Waals surface area contributed by atoms with Crippen molar-refractivity contribution in [1.82, 2.24) is 9.80 Å². The molecule has 0 bridgehead atoms. The number of amides is 1. The maximum absolute atomic E-state index is 14.2. The molecular weight excluding hydrogens is 419 g/mol. The molecule has 2 N–H and O–H groups in total. The number of alkyl halides is 4. The smallest absolute Gasteiger partial charge is 0.228 e. The summed E-state index contributed by atoms with van der Waals surface area (Å²) in [5, 5.41) is 0.268. The van der Waals surface area contributed by atoms with E-state index in [1.165, 1.54) is 0 Å². The summed E-state index contributed by atoms with van der Waals surface area (Å²) in [4.78, 5) is 16.8. The largest absolute Gasteiger partial charge is 0.340 e. The van der Waals surface area contributed by atoms with E-state index < -0.39 is 18.3 Å². The van der Waals surface area contributed by atoms with Crippen molar-refractivity contribution < 1.29 is 13.6 Å². The summed E-state index contributed by atoms with van der Waals surface area (Å²) in [6.45, 7) is 4.75. The van der Waals surface area contributed by atoms with Gasteiger partial charge in [-0.1, -0.05) is 0 Å². The molecule has 3 aliphatic rings. The summed E-state index contributed by atoms with van der Waals surface area (Å²) in [5.74, 6) is -0.422. The lowest BCUT2D eigenvalue weighted by molar-refractivity contribution is -0.141. The highest BCUT2D eigenvalue weighted by molar-refractivity contribution is 6.23. The standard InChI is InChI=1S/C21H35Cl2F2N3O/c1-13(20(26)10-14-2-3-15(22)11-18(14)23)27-6-8-28(9-7-27)21(29)17-5-4-16(24)12-19(17)25/h13-20H,2-12,26H2,1H3. The highest BCUT2D eigenvalue weighted by Gasteiger charge is 2.39. The molecule has 0 aromatic carbocycles. The minimum atomic E-state index is -1.36. The molecule has 3 fully saturated rings. The van der Waals surface area contributed by atoms with Crippen molar-refractivity contribution in [2.45, 2.75) is 87.1 Å². The molecule has 1 heterocycles. The fourth-order valence-corrected chi connectivity index (χ4v) is 6.00. The number of hydrogen-bond donors (Lipinski definition) is 1. The number of nitrogens with zero attached hydrogens (tertiary/aromatic N) is 2. The van der Waals surface area contributed by atoms with E-state index in [1.807, 2.05) is 0 Å². The fourth-order valence-electron chi connectivity index (χ4n) is 5.14. The van der Waals surface area contributed by atoms with Gasteiger partial charge < -0.3 is 10.6 Å². The minimum Gasteiger partial charge on any atom is -0.340 e. The van der Waals surface area contributed by atoms with Crippen LogP contribution in [0.1, 0.15) is 51.9 Å². The molecule has 0 aromatic heterocycles. The lowest BCUT2D eigenvalue weighted by atomic mass is 9.82. The number of halogens is 4. The average molecular weight is 454 g/mol. The van der Waals surface area contributed by atoms with Crippen molar-refractivity contribution in [3.63, 3.8) is 0 Å². The molecule has 0 radical (unpaired) electrons. The Morgan fingerprint density at radius 1 is 1.07 bits per heavy atom. The Hall–Kier alpha value is -0.170. The third kappa shape index (κ3) is 5.96. The van der Waals surface area contributed by atoms with Gasteiger partial charge in [-0.25, -0.2) is 8.78 Å². The van der Waals surface area contributed by atoms with Gasteiger partial charge in [-0.2, -0.15) is 0 Å². The van der Waals surface area contributed by atoms with E-state index in [2.05, 4.69) is 11.8 Å². The van der Waals surface area contributed by atoms with Crippen LogP contribution in [0.4, 0.5) is 8.78 Å². The van der Waals surface area contributed by atoms with Crippen LogP contribution in [0.5, 0.6) is 0 Å². The van der Waals surface area contributed by atoms with Crippen LogP contribution in [-0.4, -0.2) is 77.1 Å². The summed E-state index contributed by atoms with van der Waals surface area (Å²) in [6, 6.07) is 0.214. The van der Waals surface area contributed by atoms with E-state index in [1.54, 1.807) is 4.90 Å². The highest BCUT2D eigenvalue weighted by Crippen LogP contribution is 2.35. The van der Waals surface area contributed by atoms with Crippen LogP contribution in [0.15, 0.2) is 0 Å². The van der Waals surface area contributed by atoms with Crippen LogP contribution in [0, 0.1) is 11.8 Å². The van der Waals surface area contributed by atoms with Crippen molar-refractivity contribution in [2.24, 2.45) is 17.6 Å². The number of hydrogen-bond acceptors (Lipinski definition) is 3. The van der Waals surface area contributed by atoms with Crippen molar-refractivity contribution in [2.75, 3.05) is 26.2 Å². The van der Waals surface area contributed by atoms with Gasteiger partial charge in [-0.05, 0) is 51.4 Å². The Morgan fingerprint density at radius 2 is 1.76 bits per heavy atom. The zero-order valence-electron chi connectivity index (χ0n) is 17.3. The van der Waals surface area contributed by atoms with Gasteiger partial charge in [0.2, 0.25) is 5.91 Å². The Morgan fingerprint density at radius 3 is 2.38 bits per heavy atom. The lowest BCUT2D eigenvalue weighted by Gasteiger charge is -2.42. The molecular formula is C21H35Cl2F2N3O. The summed E-state index contributed by atoms with van der Waals surface area (Å²) < 4.78 is 27.5. The molecule has 0 aromatic rings. The first-order valence-electron chi connectivity index (χ1n) is 11.1. The minimum absolute atomic E-state index is 0.0189. The second-order valence-electron chi connectivity index (χ2n) is 9.22. The van der Waals surface area contributed by atoms with Crippen molar-refractivity contribution >= 4 is 29.1 Å². The molecule has 168 valence electrons. The summed E-state index contributed by atoms with van der Waals surface area (Å²) in [6.07, 6.45) is 1.73. The molecule has 8 unspecified atom stereocenters. The van der Waals surface area contributed by atoms with Gasteiger partial charge in [0, 0.05) is 55.4 Å². The SMILES string of the molecule is CC(C(N)CC1CCC(Cl)CC1Cl)N1CCN(C(=O)C2CCC(F)CC2F)CC1. The van der Waals surface area contributed by atoms with Crippen LogP contribution >= 0.6 is 23.2 Å². The lowest BCUT2D eigenvalue weighted by Crippen LogP contribution is -2.57. The molecule has 3 rings (SSSR count). The molecule has 8 atom stereocenters. The Bertz CT molecular complexity index is 550. The van der Waals surface area contributed by atoms with Gasteiger partial charge in [0.15, 0.2) is 0 Å².